The Hall–Kier alpha value is -2.20. The van der Waals surface area contributed by atoms with E-state index < -0.39 is 0 Å². The van der Waals surface area contributed by atoms with Crippen LogP contribution in [0.4, 0.5) is 5.69 Å². The second-order valence-electron chi connectivity index (χ2n) is 5.25. The lowest BCUT2D eigenvalue weighted by Crippen LogP contribution is -2.48. The lowest BCUT2D eigenvalue weighted by atomic mass is 10.1. The second kappa shape index (κ2) is 6.28. The van der Waals surface area contributed by atoms with Crippen LogP contribution >= 0.6 is 11.6 Å². The Bertz CT molecular complexity index is 682. The maximum atomic E-state index is 12.5. The minimum absolute atomic E-state index is 0.0393. The minimum atomic E-state index is -0.0393. The molecule has 1 heterocycles. The molecule has 2 aromatic carbocycles. The molecule has 1 saturated heterocycles. The molecule has 1 fully saturated rings. The zero-order valence-corrected chi connectivity index (χ0v) is 12.8. The number of phenolic OH excluding ortho intramolecular Hbond substituents is 1. The third kappa shape index (κ3) is 2.88. The molecular formula is C17H17ClN2O2. The highest BCUT2D eigenvalue weighted by atomic mass is 35.5. The van der Waals surface area contributed by atoms with Gasteiger partial charge in [0.2, 0.25) is 0 Å². The van der Waals surface area contributed by atoms with Gasteiger partial charge in [-0.1, -0.05) is 35.9 Å². The van der Waals surface area contributed by atoms with Gasteiger partial charge in [-0.05, 0) is 24.3 Å². The SMILES string of the molecule is O=C(c1ccccc1Cl)N1CCN(c2ccccc2O)CC1. The summed E-state index contributed by atoms with van der Waals surface area (Å²) in [6.07, 6.45) is 0. The maximum absolute atomic E-state index is 12.5. The van der Waals surface area contributed by atoms with E-state index in [1.807, 2.05) is 24.3 Å². The van der Waals surface area contributed by atoms with Gasteiger partial charge >= 0.3 is 0 Å². The number of para-hydroxylation sites is 2. The first-order valence-corrected chi connectivity index (χ1v) is 7.61. The first-order valence-electron chi connectivity index (χ1n) is 7.23. The van der Waals surface area contributed by atoms with E-state index in [0.29, 0.717) is 36.8 Å². The molecular weight excluding hydrogens is 300 g/mol. The summed E-state index contributed by atoms with van der Waals surface area (Å²) in [5, 5.41) is 10.4. The summed E-state index contributed by atoms with van der Waals surface area (Å²) in [6, 6.07) is 14.4. The lowest BCUT2D eigenvalue weighted by molar-refractivity contribution is 0.0747. The third-order valence-electron chi connectivity index (χ3n) is 3.89. The van der Waals surface area contributed by atoms with Crippen molar-refractivity contribution in [1.82, 2.24) is 4.90 Å². The predicted octanol–water partition coefficient (Wildman–Crippen LogP) is 3.01. The first-order chi connectivity index (χ1) is 10.7. The Morgan fingerprint density at radius 1 is 0.955 bits per heavy atom. The zero-order valence-electron chi connectivity index (χ0n) is 12.1. The van der Waals surface area contributed by atoms with E-state index in [-0.39, 0.29) is 11.7 Å². The lowest BCUT2D eigenvalue weighted by Gasteiger charge is -2.36. The molecule has 0 spiro atoms. The average Bonchev–Trinajstić information content (AvgIpc) is 2.55. The molecule has 1 amide bonds. The normalized spacial score (nSPS) is 15.0. The van der Waals surface area contributed by atoms with Crippen LogP contribution < -0.4 is 4.90 Å². The zero-order chi connectivity index (χ0) is 15.5. The molecule has 4 nitrogen and oxygen atoms in total. The molecule has 0 aromatic heterocycles. The van der Waals surface area contributed by atoms with Crippen LogP contribution in [-0.2, 0) is 0 Å². The molecule has 5 heteroatoms. The first kappa shape index (κ1) is 14.7. The number of benzene rings is 2. The van der Waals surface area contributed by atoms with Crippen molar-refractivity contribution in [3.63, 3.8) is 0 Å². The fraction of sp³-hybridized carbons (Fsp3) is 0.235. The largest absolute Gasteiger partial charge is 0.506 e. The van der Waals surface area contributed by atoms with Crippen molar-refractivity contribution in [3.05, 3.63) is 59.1 Å². The van der Waals surface area contributed by atoms with Crippen molar-refractivity contribution in [1.29, 1.82) is 0 Å². The van der Waals surface area contributed by atoms with Gasteiger partial charge in [-0.3, -0.25) is 4.79 Å². The summed E-state index contributed by atoms with van der Waals surface area (Å²) >= 11 is 6.09. The quantitative estimate of drug-likeness (QED) is 0.926. The van der Waals surface area contributed by atoms with Crippen LogP contribution in [0.1, 0.15) is 10.4 Å². The molecule has 1 aliphatic heterocycles. The number of amides is 1. The number of rotatable bonds is 2. The van der Waals surface area contributed by atoms with Gasteiger partial charge in [-0.2, -0.15) is 0 Å². The highest BCUT2D eigenvalue weighted by Gasteiger charge is 2.24. The smallest absolute Gasteiger partial charge is 0.255 e. The van der Waals surface area contributed by atoms with Crippen molar-refractivity contribution in [2.45, 2.75) is 0 Å². The molecule has 0 bridgehead atoms. The van der Waals surface area contributed by atoms with Crippen molar-refractivity contribution >= 4 is 23.2 Å². The molecule has 114 valence electrons. The molecule has 3 rings (SSSR count). The van der Waals surface area contributed by atoms with E-state index >= 15 is 0 Å². The molecule has 0 aliphatic carbocycles. The Kier molecular flexibility index (Phi) is 4.20. The van der Waals surface area contributed by atoms with Crippen LogP contribution in [0.25, 0.3) is 0 Å². The number of aromatic hydroxyl groups is 1. The van der Waals surface area contributed by atoms with Crippen LogP contribution in [0.5, 0.6) is 5.75 Å². The molecule has 0 radical (unpaired) electrons. The van der Waals surface area contributed by atoms with Crippen LogP contribution in [-0.4, -0.2) is 42.1 Å². The molecule has 0 atom stereocenters. The van der Waals surface area contributed by atoms with Gasteiger partial charge in [0, 0.05) is 26.2 Å². The van der Waals surface area contributed by atoms with Crippen molar-refractivity contribution in [2.75, 3.05) is 31.1 Å². The van der Waals surface area contributed by atoms with Crippen LogP contribution in [0.3, 0.4) is 0 Å². The number of carbonyl (C=O) groups excluding carboxylic acids is 1. The minimum Gasteiger partial charge on any atom is -0.506 e. The van der Waals surface area contributed by atoms with E-state index in [1.54, 1.807) is 29.2 Å². The van der Waals surface area contributed by atoms with Gasteiger partial charge in [0.15, 0.2) is 0 Å². The predicted molar refractivity (Wildman–Crippen MR) is 87.7 cm³/mol. The highest BCUT2D eigenvalue weighted by Crippen LogP contribution is 2.27. The molecule has 1 aliphatic rings. The van der Waals surface area contributed by atoms with E-state index in [1.165, 1.54) is 0 Å². The van der Waals surface area contributed by atoms with Crippen LogP contribution in [0.15, 0.2) is 48.5 Å². The van der Waals surface area contributed by atoms with Gasteiger partial charge in [0.25, 0.3) is 5.91 Å². The number of hydrogen-bond donors (Lipinski definition) is 1. The standard InChI is InChI=1S/C17H17ClN2O2/c18-14-6-2-1-5-13(14)17(22)20-11-9-19(10-12-20)15-7-3-4-8-16(15)21/h1-8,21H,9-12H2. The Labute approximate surface area is 134 Å². The van der Waals surface area contributed by atoms with E-state index in [2.05, 4.69) is 4.90 Å². The summed E-state index contributed by atoms with van der Waals surface area (Å²) in [6.45, 7) is 2.60. The molecule has 0 unspecified atom stereocenters. The number of anilines is 1. The maximum Gasteiger partial charge on any atom is 0.255 e. The summed E-state index contributed by atoms with van der Waals surface area (Å²) in [5.74, 6) is 0.232. The third-order valence-corrected chi connectivity index (χ3v) is 4.22. The number of phenols is 1. The number of nitrogens with zero attached hydrogens (tertiary/aromatic N) is 2. The molecule has 22 heavy (non-hydrogen) atoms. The molecule has 2 aromatic rings. The fourth-order valence-electron chi connectivity index (χ4n) is 2.69. The van der Waals surface area contributed by atoms with Crippen molar-refractivity contribution < 1.29 is 9.90 Å². The van der Waals surface area contributed by atoms with Gasteiger partial charge in [-0.25, -0.2) is 0 Å². The molecule has 0 saturated carbocycles. The topological polar surface area (TPSA) is 43.8 Å². The van der Waals surface area contributed by atoms with Gasteiger partial charge < -0.3 is 14.9 Å². The second-order valence-corrected chi connectivity index (χ2v) is 5.66. The van der Waals surface area contributed by atoms with Gasteiger partial charge in [-0.15, -0.1) is 0 Å². The monoisotopic (exact) mass is 316 g/mol. The van der Waals surface area contributed by atoms with Crippen LogP contribution in [0, 0.1) is 0 Å². The van der Waals surface area contributed by atoms with E-state index in [0.717, 1.165) is 5.69 Å². The van der Waals surface area contributed by atoms with Crippen molar-refractivity contribution in [2.24, 2.45) is 0 Å². The summed E-state index contributed by atoms with van der Waals surface area (Å²) in [5.41, 5.74) is 1.35. The van der Waals surface area contributed by atoms with Crippen molar-refractivity contribution in [3.8, 4) is 5.75 Å². The summed E-state index contributed by atoms with van der Waals surface area (Å²) in [7, 11) is 0. The van der Waals surface area contributed by atoms with Gasteiger partial charge in [0.1, 0.15) is 5.75 Å². The van der Waals surface area contributed by atoms with Gasteiger partial charge in [0.05, 0.1) is 16.3 Å². The van der Waals surface area contributed by atoms with E-state index in [9.17, 15) is 9.90 Å². The highest BCUT2D eigenvalue weighted by molar-refractivity contribution is 6.33. The average molecular weight is 317 g/mol. The summed E-state index contributed by atoms with van der Waals surface area (Å²) in [4.78, 5) is 16.4. The van der Waals surface area contributed by atoms with Crippen LogP contribution in [0.2, 0.25) is 5.02 Å². The molecule has 1 N–H and O–H groups in total. The Morgan fingerprint density at radius 2 is 1.59 bits per heavy atom. The number of piperazine rings is 1. The Morgan fingerprint density at radius 3 is 2.27 bits per heavy atom. The Balaban J connectivity index is 1.68. The van der Waals surface area contributed by atoms with E-state index in [4.69, 9.17) is 11.6 Å². The number of carbonyl (C=O) groups is 1. The number of hydrogen-bond acceptors (Lipinski definition) is 3. The summed E-state index contributed by atoms with van der Waals surface area (Å²) < 4.78 is 0. The number of halogens is 1. The fourth-order valence-corrected chi connectivity index (χ4v) is 2.90.